The summed E-state index contributed by atoms with van der Waals surface area (Å²) in [6.07, 6.45) is 0. The zero-order valence-corrected chi connectivity index (χ0v) is 12.0. The molecule has 0 unspecified atom stereocenters. The molecular weight excluding hydrogens is 270 g/mol. The van der Waals surface area contributed by atoms with Crippen LogP contribution in [-0.4, -0.2) is 10.1 Å². The lowest BCUT2D eigenvalue weighted by atomic mass is 10.0. The van der Waals surface area contributed by atoms with Crippen molar-refractivity contribution in [1.29, 1.82) is 0 Å². The maximum atomic E-state index is 9.62. The van der Waals surface area contributed by atoms with Crippen LogP contribution < -0.4 is 4.74 Å². The Morgan fingerprint density at radius 3 is 2.80 bits per heavy atom. The first-order valence-corrected chi connectivity index (χ1v) is 7.31. The van der Waals surface area contributed by atoms with Crippen LogP contribution in [0.1, 0.15) is 16.3 Å². The van der Waals surface area contributed by atoms with E-state index in [0.717, 1.165) is 32.8 Å². The van der Waals surface area contributed by atoms with E-state index in [1.807, 2.05) is 48.7 Å². The minimum absolute atomic E-state index is 0.0341. The van der Waals surface area contributed by atoms with Gasteiger partial charge in [-0.2, -0.15) is 0 Å². The normalized spacial score (nSPS) is 10.9. The van der Waals surface area contributed by atoms with Crippen LogP contribution in [0, 0.1) is 6.92 Å². The summed E-state index contributed by atoms with van der Waals surface area (Å²) >= 11 is 1.59. The van der Waals surface area contributed by atoms with E-state index in [2.05, 4.69) is 4.98 Å². The van der Waals surface area contributed by atoms with E-state index >= 15 is 0 Å². The van der Waals surface area contributed by atoms with Gasteiger partial charge in [0.25, 0.3) is 0 Å². The van der Waals surface area contributed by atoms with Crippen LogP contribution >= 0.6 is 11.3 Å². The first kappa shape index (κ1) is 13.1. The van der Waals surface area contributed by atoms with Crippen LogP contribution in [0.2, 0.25) is 0 Å². The Hall–Kier alpha value is -1.91. The number of aryl methyl sites for hydroxylation is 1. The van der Waals surface area contributed by atoms with Crippen molar-refractivity contribution in [2.75, 3.05) is 0 Å². The fraction of sp³-hybridized carbons (Fsp3) is 0.188. The average Bonchev–Trinajstić information content (AvgIpc) is 2.90. The largest absolute Gasteiger partial charge is 0.486 e. The number of aliphatic hydroxyl groups excluding tert-OH is 1. The second kappa shape index (κ2) is 5.61. The highest BCUT2D eigenvalue weighted by molar-refractivity contribution is 7.09. The van der Waals surface area contributed by atoms with Crippen LogP contribution in [-0.2, 0) is 13.2 Å². The fourth-order valence-corrected chi connectivity index (χ4v) is 2.91. The summed E-state index contributed by atoms with van der Waals surface area (Å²) in [4.78, 5) is 4.37. The van der Waals surface area contributed by atoms with Gasteiger partial charge in [0, 0.05) is 16.6 Å². The number of hydrogen-bond donors (Lipinski definition) is 1. The minimum atomic E-state index is -0.0341. The molecule has 1 N–H and O–H groups in total. The van der Waals surface area contributed by atoms with Gasteiger partial charge in [0.2, 0.25) is 0 Å². The molecule has 3 rings (SSSR count). The molecule has 0 spiro atoms. The van der Waals surface area contributed by atoms with E-state index in [4.69, 9.17) is 4.74 Å². The molecular formula is C16H15NO2S. The number of nitrogens with zero attached hydrogens (tertiary/aromatic N) is 1. The number of rotatable bonds is 4. The van der Waals surface area contributed by atoms with Crippen molar-refractivity contribution in [3.05, 3.63) is 58.0 Å². The second-order valence-corrected chi connectivity index (χ2v) is 5.54. The van der Waals surface area contributed by atoms with Gasteiger partial charge in [-0.15, -0.1) is 11.3 Å². The predicted octanol–water partition coefficient (Wildman–Crippen LogP) is 3.68. The van der Waals surface area contributed by atoms with Crippen LogP contribution in [0.4, 0.5) is 0 Å². The molecule has 0 aliphatic carbocycles. The minimum Gasteiger partial charge on any atom is -0.486 e. The fourth-order valence-electron chi connectivity index (χ4n) is 2.22. The summed E-state index contributed by atoms with van der Waals surface area (Å²) in [7, 11) is 0. The number of aromatic nitrogens is 1. The van der Waals surface area contributed by atoms with Gasteiger partial charge in [0.05, 0.1) is 6.61 Å². The van der Waals surface area contributed by atoms with E-state index in [1.165, 1.54) is 0 Å². The summed E-state index contributed by atoms with van der Waals surface area (Å²) in [5.74, 6) is 0.721. The first-order valence-electron chi connectivity index (χ1n) is 6.43. The second-order valence-electron chi connectivity index (χ2n) is 4.59. The molecule has 0 saturated heterocycles. The third-order valence-electron chi connectivity index (χ3n) is 3.17. The highest BCUT2D eigenvalue weighted by Gasteiger charge is 2.09. The van der Waals surface area contributed by atoms with E-state index < -0.39 is 0 Å². The summed E-state index contributed by atoms with van der Waals surface area (Å²) in [5, 5.41) is 14.7. The summed E-state index contributed by atoms with van der Waals surface area (Å²) in [6, 6.07) is 11.9. The number of hydrogen-bond acceptors (Lipinski definition) is 4. The molecule has 2 aromatic carbocycles. The van der Waals surface area contributed by atoms with Crippen LogP contribution in [0.15, 0.2) is 41.8 Å². The van der Waals surface area contributed by atoms with Crippen molar-refractivity contribution in [3.8, 4) is 5.75 Å². The molecule has 4 heteroatoms. The van der Waals surface area contributed by atoms with Crippen molar-refractivity contribution in [2.24, 2.45) is 0 Å². The Morgan fingerprint density at radius 1 is 1.20 bits per heavy atom. The molecule has 20 heavy (non-hydrogen) atoms. The Kier molecular flexibility index (Phi) is 3.67. The SMILES string of the molecule is Cc1csc(COc2ccc3ccccc3c2CO)n1. The quantitative estimate of drug-likeness (QED) is 0.795. The lowest BCUT2D eigenvalue weighted by molar-refractivity contribution is 0.260. The van der Waals surface area contributed by atoms with Crippen molar-refractivity contribution < 1.29 is 9.84 Å². The Labute approximate surface area is 121 Å². The van der Waals surface area contributed by atoms with E-state index in [1.54, 1.807) is 11.3 Å². The maximum absolute atomic E-state index is 9.62. The smallest absolute Gasteiger partial charge is 0.140 e. The predicted molar refractivity (Wildman–Crippen MR) is 81.1 cm³/mol. The van der Waals surface area contributed by atoms with E-state index in [-0.39, 0.29) is 6.61 Å². The Balaban J connectivity index is 1.91. The highest BCUT2D eigenvalue weighted by atomic mass is 32.1. The molecule has 0 atom stereocenters. The Bertz CT molecular complexity index is 736. The third-order valence-corrected chi connectivity index (χ3v) is 4.11. The molecule has 0 aliphatic rings. The molecule has 0 radical (unpaired) electrons. The number of aliphatic hydroxyl groups is 1. The zero-order valence-electron chi connectivity index (χ0n) is 11.2. The van der Waals surface area contributed by atoms with Crippen molar-refractivity contribution >= 4 is 22.1 Å². The van der Waals surface area contributed by atoms with Crippen LogP contribution in [0.3, 0.4) is 0 Å². The van der Waals surface area contributed by atoms with Crippen LogP contribution in [0.25, 0.3) is 10.8 Å². The van der Waals surface area contributed by atoms with E-state index in [0.29, 0.717) is 6.61 Å². The number of ether oxygens (including phenoxy) is 1. The van der Waals surface area contributed by atoms with Crippen molar-refractivity contribution in [2.45, 2.75) is 20.1 Å². The molecule has 0 bridgehead atoms. The molecule has 0 fully saturated rings. The standard InChI is InChI=1S/C16H15NO2S/c1-11-10-20-16(17-11)9-19-15-7-6-12-4-2-3-5-13(12)14(15)8-18/h2-7,10,18H,8-9H2,1H3. The first-order chi connectivity index (χ1) is 9.78. The summed E-state index contributed by atoms with van der Waals surface area (Å²) < 4.78 is 5.82. The number of benzene rings is 2. The monoisotopic (exact) mass is 285 g/mol. The lowest BCUT2D eigenvalue weighted by Crippen LogP contribution is -1.99. The summed E-state index contributed by atoms with van der Waals surface area (Å²) in [6.45, 7) is 2.37. The highest BCUT2D eigenvalue weighted by Crippen LogP contribution is 2.28. The van der Waals surface area contributed by atoms with Crippen molar-refractivity contribution in [3.63, 3.8) is 0 Å². The lowest BCUT2D eigenvalue weighted by Gasteiger charge is -2.11. The molecule has 3 aromatic rings. The average molecular weight is 285 g/mol. The number of thiazole rings is 1. The van der Waals surface area contributed by atoms with Gasteiger partial charge in [0.15, 0.2) is 0 Å². The van der Waals surface area contributed by atoms with Gasteiger partial charge in [-0.25, -0.2) is 4.98 Å². The topological polar surface area (TPSA) is 42.4 Å². The molecule has 0 aliphatic heterocycles. The molecule has 1 aromatic heterocycles. The van der Waals surface area contributed by atoms with Gasteiger partial charge < -0.3 is 9.84 Å². The summed E-state index contributed by atoms with van der Waals surface area (Å²) in [5.41, 5.74) is 1.84. The molecule has 102 valence electrons. The molecule has 1 heterocycles. The number of fused-ring (bicyclic) bond motifs is 1. The van der Waals surface area contributed by atoms with Crippen molar-refractivity contribution in [1.82, 2.24) is 4.98 Å². The third kappa shape index (κ3) is 2.53. The van der Waals surface area contributed by atoms with Gasteiger partial charge in [-0.1, -0.05) is 30.3 Å². The van der Waals surface area contributed by atoms with Gasteiger partial charge >= 0.3 is 0 Å². The molecule has 3 nitrogen and oxygen atoms in total. The van der Waals surface area contributed by atoms with Gasteiger partial charge in [-0.05, 0) is 23.8 Å². The Morgan fingerprint density at radius 2 is 2.05 bits per heavy atom. The van der Waals surface area contributed by atoms with Crippen LogP contribution in [0.5, 0.6) is 5.75 Å². The zero-order chi connectivity index (χ0) is 13.9. The molecule has 0 saturated carbocycles. The molecule has 0 amide bonds. The van der Waals surface area contributed by atoms with Gasteiger partial charge in [-0.3, -0.25) is 0 Å². The van der Waals surface area contributed by atoms with E-state index in [9.17, 15) is 5.11 Å². The maximum Gasteiger partial charge on any atom is 0.140 e. The van der Waals surface area contributed by atoms with Gasteiger partial charge in [0.1, 0.15) is 17.4 Å².